The predicted molar refractivity (Wildman–Crippen MR) is 70.4 cm³/mol. The van der Waals surface area contributed by atoms with E-state index in [9.17, 15) is 14.7 Å². The molecule has 0 saturated carbocycles. The molecular formula is C14H16O6. The van der Waals surface area contributed by atoms with E-state index in [0.29, 0.717) is 12.0 Å². The number of rotatable bonds is 6. The Labute approximate surface area is 116 Å². The predicted octanol–water partition coefficient (Wildman–Crippen LogP) is 1.76. The summed E-state index contributed by atoms with van der Waals surface area (Å²) in [6.45, 7) is 5.12. The lowest BCUT2D eigenvalue weighted by Gasteiger charge is -2.07. The smallest absolute Gasteiger partial charge is 0.341 e. The first kappa shape index (κ1) is 15.6. The molecule has 0 heterocycles. The third kappa shape index (κ3) is 4.64. The molecule has 108 valence electrons. The van der Waals surface area contributed by atoms with Crippen molar-refractivity contribution in [3.63, 3.8) is 0 Å². The van der Waals surface area contributed by atoms with Gasteiger partial charge in [-0.2, -0.15) is 0 Å². The standard InChI is InChI=1S/C14H16O6/c1-9(2)13(17)19-6-3-7-20-14(18)11-5-4-10(15)8-12(11)16/h4-5,8,15-16H,1,3,6-7H2,2H3. The van der Waals surface area contributed by atoms with Gasteiger partial charge in [-0.05, 0) is 19.1 Å². The van der Waals surface area contributed by atoms with Crippen LogP contribution >= 0.6 is 0 Å². The Bertz CT molecular complexity index is 520. The summed E-state index contributed by atoms with van der Waals surface area (Å²) in [5, 5.41) is 18.6. The second-order valence-corrected chi connectivity index (χ2v) is 4.11. The number of phenolic OH excluding ortho intramolecular Hbond substituents is 2. The molecule has 0 saturated heterocycles. The Morgan fingerprint density at radius 3 is 2.45 bits per heavy atom. The van der Waals surface area contributed by atoms with Gasteiger partial charge in [0, 0.05) is 18.1 Å². The van der Waals surface area contributed by atoms with E-state index in [4.69, 9.17) is 14.6 Å². The molecule has 0 aliphatic rings. The molecule has 0 amide bonds. The Morgan fingerprint density at radius 2 is 1.85 bits per heavy atom. The highest BCUT2D eigenvalue weighted by Crippen LogP contribution is 2.23. The zero-order valence-corrected chi connectivity index (χ0v) is 11.1. The molecular weight excluding hydrogens is 264 g/mol. The second kappa shape index (κ2) is 7.18. The molecule has 1 aromatic rings. The Hall–Kier alpha value is -2.50. The van der Waals surface area contributed by atoms with Crippen LogP contribution in [0.2, 0.25) is 0 Å². The van der Waals surface area contributed by atoms with Crippen LogP contribution in [0.5, 0.6) is 11.5 Å². The molecule has 0 aliphatic heterocycles. The summed E-state index contributed by atoms with van der Waals surface area (Å²) in [4.78, 5) is 22.6. The van der Waals surface area contributed by atoms with E-state index in [2.05, 4.69) is 6.58 Å². The minimum Gasteiger partial charge on any atom is -0.508 e. The SMILES string of the molecule is C=C(C)C(=O)OCCCOC(=O)c1ccc(O)cc1O. The highest BCUT2D eigenvalue weighted by atomic mass is 16.5. The van der Waals surface area contributed by atoms with Crippen molar-refractivity contribution in [3.05, 3.63) is 35.9 Å². The molecule has 20 heavy (non-hydrogen) atoms. The molecule has 0 spiro atoms. The topological polar surface area (TPSA) is 93.1 Å². The Kier molecular flexibility index (Phi) is 5.58. The first-order chi connectivity index (χ1) is 9.41. The average molecular weight is 280 g/mol. The van der Waals surface area contributed by atoms with Crippen LogP contribution in [0.25, 0.3) is 0 Å². The van der Waals surface area contributed by atoms with E-state index in [1.54, 1.807) is 0 Å². The molecule has 6 nitrogen and oxygen atoms in total. The van der Waals surface area contributed by atoms with Gasteiger partial charge in [0.05, 0.1) is 13.2 Å². The Balaban J connectivity index is 2.33. The summed E-state index contributed by atoms with van der Waals surface area (Å²) < 4.78 is 9.71. The van der Waals surface area contributed by atoms with Crippen molar-refractivity contribution in [2.75, 3.05) is 13.2 Å². The number of esters is 2. The van der Waals surface area contributed by atoms with E-state index in [1.807, 2.05) is 0 Å². The fraction of sp³-hybridized carbons (Fsp3) is 0.286. The van der Waals surface area contributed by atoms with E-state index in [1.165, 1.54) is 19.1 Å². The molecule has 6 heteroatoms. The molecule has 0 aromatic heterocycles. The highest BCUT2D eigenvalue weighted by Gasteiger charge is 2.13. The lowest BCUT2D eigenvalue weighted by molar-refractivity contribution is -0.139. The first-order valence-electron chi connectivity index (χ1n) is 5.93. The van der Waals surface area contributed by atoms with Gasteiger partial charge >= 0.3 is 11.9 Å². The molecule has 0 atom stereocenters. The maximum absolute atomic E-state index is 11.6. The number of phenols is 2. The van der Waals surface area contributed by atoms with Gasteiger partial charge in [-0.1, -0.05) is 6.58 Å². The van der Waals surface area contributed by atoms with Crippen molar-refractivity contribution in [1.82, 2.24) is 0 Å². The van der Waals surface area contributed by atoms with Gasteiger partial charge in [0.15, 0.2) is 0 Å². The summed E-state index contributed by atoms with van der Waals surface area (Å²) in [6.07, 6.45) is 0.337. The summed E-state index contributed by atoms with van der Waals surface area (Å²) in [7, 11) is 0. The maximum atomic E-state index is 11.6. The molecule has 0 bridgehead atoms. The number of ether oxygens (including phenoxy) is 2. The third-order valence-electron chi connectivity index (χ3n) is 2.30. The van der Waals surface area contributed by atoms with Crippen LogP contribution in [0, 0.1) is 0 Å². The van der Waals surface area contributed by atoms with Crippen LogP contribution < -0.4 is 0 Å². The van der Waals surface area contributed by atoms with Crippen LogP contribution in [0.1, 0.15) is 23.7 Å². The number of carbonyl (C=O) groups is 2. The summed E-state index contributed by atoms with van der Waals surface area (Å²) >= 11 is 0. The van der Waals surface area contributed by atoms with Gasteiger partial charge in [0.2, 0.25) is 0 Å². The zero-order valence-electron chi connectivity index (χ0n) is 11.1. The van der Waals surface area contributed by atoms with E-state index in [0.717, 1.165) is 6.07 Å². The Morgan fingerprint density at radius 1 is 1.20 bits per heavy atom. The maximum Gasteiger partial charge on any atom is 0.341 e. The van der Waals surface area contributed by atoms with Crippen molar-refractivity contribution in [2.24, 2.45) is 0 Å². The minimum absolute atomic E-state index is 0.0401. The van der Waals surface area contributed by atoms with Crippen LogP contribution in [0.4, 0.5) is 0 Å². The van der Waals surface area contributed by atoms with Gasteiger partial charge < -0.3 is 19.7 Å². The summed E-state index contributed by atoms with van der Waals surface area (Å²) in [5.41, 5.74) is 0.262. The molecule has 0 radical (unpaired) electrons. The molecule has 1 rings (SSSR count). The van der Waals surface area contributed by atoms with Crippen molar-refractivity contribution < 1.29 is 29.3 Å². The molecule has 1 aromatic carbocycles. The number of carbonyl (C=O) groups excluding carboxylic acids is 2. The van der Waals surface area contributed by atoms with Gasteiger partial charge in [-0.25, -0.2) is 9.59 Å². The normalized spacial score (nSPS) is 9.85. The van der Waals surface area contributed by atoms with Crippen LogP contribution in [-0.4, -0.2) is 35.4 Å². The number of benzene rings is 1. The third-order valence-corrected chi connectivity index (χ3v) is 2.30. The quantitative estimate of drug-likeness (QED) is 0.468. The van der Waals surface area contributed by atoms with Gasteiger partial charge in [0.25, 0.3) is 0 Å². The van der Waals surface area contributed by atoms with E-state index < -0.39 is 11.9 Å². The van der Waals surface area contributed by atoms with Crippen molar-refractivity contribution in [2.45, 2.75) is 13.3 Å². The van der Waals surface area contributed by atoms with Gasteiger partial charge in [-0.15, -0.1) is 0 Å². The minimum atomic E-state index is -0.714. The van der Waals surface area contributed by atoms with Crippen LogP contribution in [-0.2, 0) is 14.3 Å². The van der Waals surface area contributed by atoms with Crippen LogP contribution in [0.15, 0.2) is 30.4 Å². The van der Waals surface area contributed by atoms with Crippen molar-refractivity contribution in [3.8, 4) is 11.5 Å². The fourth-order valence-corrected chi connectivity index (χ4v) is 1.28. The van der Waals surface area contributed by atoms with Crippen molar-refractivity contribution >= 4 is 11.9 Å². The lowest BCUT2D eigenvalue weighted by atomic mass is 10.2. The van der Waals surface area contributed by atoms with E-state index >= 15 is 0 Å². The average Bonchev–Trinajstić information content (AvgIpc) is 2.37. The van der Waals surface area contributed by atoms with Gasteiger partial charge in [-0.3, -0.25) is 0 Å². The van der Waals surface area contributed by atoms with Crippen molar-refractivity contribution in [1.29, 1.82) is 0 Å². The molecule has 2 N–H and O–H groups in total. The number of hydrogen-bond donors (Lipinski definition) is 2. The molecule has 0 unspecified atom stereocenters. The highest BCUT2D eigenvalue weighted by molar-refractivity contribution is 5.92. The number of aromatic hydroxyl groups is 2. The summed E-state index contributed by atoms with van der Waals surface area (Å²) in [6, 6.07) is 3.57. The molecule has 0 fully saturated rings. The van der Waals surface area contributed by atoms with Gasteiger partial charge in [0.1, 0.15) is 17.1 Å². The zero-order chi connectivity index (χ0) is 15.1. The van der Waals surface area contributed by atoms with E-state index in [-0.39, 0.29) is 30.3 Å². The largest absolute Gasteiger partial charge is 0.508 e. The molecule has 0 aliphatic carbocycles. The first-order valence-corrected chi connectivity index (χ1v) is 5.93. The monoisotopic (exact) mass is 280 g/mol. The van der Waals surface area contributed by atoms with Crippen LogP contribution in [0.3, 0.4) is 0 Å². The number of hydrogen-bond acceptors (Lipinski definition) is 6. The lowest BCUT2D eigenvalue weighted by Crippen LogP contribution is -2.11. The fourth-order valence-electron chi connectivity index (χ4n) is 1.28. The second-order valence-electron chi connectivity index (χ2n) is 4.11. The summed E-state index contributed by atoms with van der Waals surface area (Å²) in [5.74, 6) is -1.71.